The van der Waals surface area contributed by atoms with E-state index in [9.17, 15) is 9.59 Å². The Labute approximate surface area is 232 Å². The maximum absolute atomic E-state index is 12.9. The molecule has 0 unspecified atom stereocenters. The Morgan fingerprint density at radius 1 is 0.900 bits per heavy atom. The lowest BCUT2D eigenvalue weighted by molar-refractivity contribution is -0.117. The summed E-state index contributed by atoms with van der Waals surface area (Å²) in [6.07, 6.45) is 2.53. The van der Waals surface area contributed by atoms with Crippen molar-refractivity contribution in [1.82, 2.24) is 14.9 Å². The number of pyridine rings is 2. The average molecular weight is 545 g/mol. The zero-order chi connectivity index (χ0) is 28.7. The Balaban J connectivity index is 1.44. The van der Waals surface area contributed by atoms with E-state index in [2.05, 4.69) is 15.3 Å². The summed E-state index contributed by atoms with van der Waals surface area (Å²) in [6.45, 7) is 5.37. The lowest BCUT2D eigenvalue weighted by Gasteiger charge is -2.27. The SMILES string of the molecule is COc1cc2nccc(Oc3ccc(NC(=O)CN(Cc4ccccc4)C(=O)OC(C)(C)C)cn3)c2cc1OC. The summed E-state index contributed by atoms with van der Waals surface area (Å²) < 4.78 is 22.3. The molecule has 10 nitrogen and oxygen atoms in total. The summed E-state index contributed by atoms with van der Waals surface area (Å²) in [5.74, 6) is 1.57. The summed E-state index contributed by atoms with van der Waals surface area (Å²) in [7, 11) is 3.12. The van der Waals surface area contributed by atoms with Gasteiger partial charge >= 0.3 is 6.09 Å². The average Bonchev–Trinajstić information content (AvgIpc) is 2.92. The van der Waals surface area contributed by atoms with Crippen LogP contribution in [0.3, 0.4) is 0 Å². The molecule has 0 aliphatic carbocycles. The topological polar surface area (TPSA) is 112 Å². The van der Waals surface area contributed by atoms with Crippen LogP contribution in [0.2, 0.25) is 0 Å². The number of carbonyl (C=O) groups is 2. The lowest BCUT2D eigenvalue weighted by atomic mass is 10.2. The maximum Gasteiger partial charge on any atom is 0.411 e. The number of carbonyl (C=O) groups excluding carboxylic acids is 2. The highest BCUT2D eigenvalue weighted by atomic mass is 16.6. The van der Waals surface area contributed by atoms with Gasteiger partial charge in [-0.3, -0.25) is 14.7 Å². The predicted molar refractivity (Wildman–Crippen MR) is 151 cm³/mol. The number of hydrogen-bond donors (Lipinski definition) is 1. The van der Waals surface area contributed by atoms with Crippen molar-refractivity contribution in [2.45, 2.75) is 32.9 Å². The molecule has 40 heavy (non-hydrogen) atoms. The first-order valence-electron chi connectivity index (χ1n) is 12.6. The fourth-order valence-corrected chi connectivity index (χ4v) is 3.85. The van der Waals surface area contributed by atoms with Crippen LogP contribution in [0.4, 0.5) is 10.5 Å². The van der Waals surface area contributed by atoms with E-state index in [0.29, 0.717) is 34.3 Å². The van der Waals surface area contributed by atoms with Gasteiger partial charge in [0, 0.05) is 30.3 Å². The van der Waals surface area contributed by atoms with Crippen LogP contribution in [0.15, 0.2) is 73.1 Å². The van der Waals surface area contributed by atoms with Crippen LogP contribution >= 0.6 is 0 Å². The van der Waals surface area contributed by atoms with E-state index in [1.165, 1.54) is 11.1 Å². The van der Waals surface area contributed by atoms with Gasteiger partial charge in [0.05, 0.1) is 31.6 Å². The second-order valence-corrected chi connectivity index (χ2v) is 9.89. The van der Waals surface area contributed by atoms with Gasteiger partial charge in [-0.15, -0.1) is 0 Å². The molecule has 10 heteroatoms. The molecule has 4 aromatic rings. The molecule has 0 spiro atoms. The molecule has 0 saturated carbocycles. The van der Waals surface area contributed by atoms with Gasteiger partial charge in [0.15, 0.2) is 11.5 Å². The second-order valence-electron chi connectivity index (χ2n) is 9.89. The summed E-state index contributed by atoms with van der Waals surface area (Å²) in [4.78, 5) is 35.7. The molecule has 0 fully saturated rings. The van der Waals surface area contributed by atoms with Crippen molar-refractivity contribution in [3.63, 3.8) is 0 Å². The number of hydrogen-bond acceptors (Lipinski definition) is 8. The first-order chi connectivity index (χ1) is 19.1. The lowest BCUT2D eigenvalue weighted by Crippen LogP contribution is -2.41. The highest BCUT2D eigenvalue weighted by Crippen LogP contribution is 2.36. The van der Waals surface area contributed by atoms with Crippen LogP contribution in [0, 0.1) is 0 Å². The minimum Gasteiger partial charge on any atom is -0.493 e. The minimum absolute atomic E-state index is 0.198. The third-order valence-electron chi connectivity index (χ3n) is 5.64. The highest BCUT2D eigenvalue weighted by Gasteiger charge is 2.24. The third-order valence-corrected chi connectivity index (χ3v) is 5.64. The first-order valence-corrected chi connectivity index (χ1v) is 12.6. The van der Waals surface area contributed by atoms with E-state index in [-0.39, 0.29) is 13.1 Å². The zero-order valence-corrected chi connectivity index (χ0v) is 23.1. The predicted octanol–water partition coefficient (Wildman–Crippen LogP) is 5.82. The monoisotopic (exact) mass is 544 g/mol. The van der Waals surface area contributed by atoms with Gasteiger partial charge < -0.3 is 24.3 Å². The van der Waals surface area contributed by atoms with E-state index < -0.39 is 17.6 Å². The summed E-state index contributed by atoms with van der Waals surface area (Å²) in [6, 6.07) is 18.0. The second kappa shape index (κ2) is 12.3. The Morgan fingerprint density at radius 3 is 2.27 bits per heavy atom. The molecule has 2 heterocycles. The minimum atomic E-state index is -0.695. The van der Waals surface area contributed by atoms with Crippen LogP contribution < -0.4 is 19.5 Å². The van der Waals surface area contributed by atoms with Crippen molar-refractivity contribution in [1.29, 1.82) is 0 Å². The maximum atomic E-state index is 12.9. The van der Waals surface area contributed by atoms with Gasteiger partial charge in [0.25, 0.3) is 0 Å². The largest absolute Gasteiger partial charge is 0.493 e. The van der Waals surface area contributed by atoms with Crippen LogP contribution in [-0.4, -0.2) is 53.2 Å². The summed E-state index contributed by atoms with van der Waals surface area (Å²) >= 11 is 0. The molecule has 0 bridgehead atoms. The number of nitrogens with one attached hydrogen (secondary N) is 1. The number of aromatic nitrogens is 2. The number of benzene rings is 2. The van der Waals surface area contributed by atoms with Crippen molar-refractivity contribution in [3.05, 3.63) is 78.6 Å². The van der Waals surface area contributed by atoms with Crippen molar-refractivity contribution in [2.24, 2.45) is 0 Å². The molecule has 0 aliphatic rings. The van der Waals surface area contributed by atoms with E-state index >= 15 is 0 Å². The van der Waals surface area contributed by atoms with Crippen LogP contribution in [0.1, 0.15) is 26.3 Å². The van der Waals surface area contributed by atoms with Crippen molar-refractivity contribution >= 4 is 28.6 Å². The Kier molecular flexibility index (Phi) is 8.68. The Hall–Kier alpha value is -4.86. The molecule has 0 saturated heterocycles. The van der Waals surface area contributed by atoms with Crippen LogP contribution in [0.5, 0.6) is 23.1 Å². The first kappa shape index (κ1) is 28.2. The molecule has 2 aromatic heterocycles. The number of anilines is 1. The highest BCUT2D eigenvalue weighted by molar-refractivity contribution is 5.93. The summed E-state index contributed by atoms with van der Waals surface area (Å²) in [5, 5.41) is 3.50. The number of ether oxygens (including phenoxy) is 4. The van der Waals surface area contributed by atoms with Crippen molar-refractivity contribution in [2.75, 3.05) is 26.1 Å². The summed E-state index contributed by atoms with van der Waals surface area (Å²) in [5.41, 5.74) is 1.31. The van der Waals surface area contributed by atoms with Crippen LogP contribution in [-0.2, 0) is 16.1 Å². The van der Waals surface area contributed by atoms with E-state index in [1.54, 1.807) is 71.5 Å². The van der Waals surface area contributed by atoms with Gasteiger partial charge in [-0.05, 0) is 44.5 Å². The van der Waals surface area contributed by atoms with Crippen molar-refractivity contribution in [3.8, 4) is 23.1 Å². The number of amides is 2. The molecule has 0 radical (unpaired) electrons. The molecule has 1 N–H and O–H groups in total. The molecule has 2 amide bonds. The van der Waals surface area contributed by atoms with Crippen molar-refractivity contribution < 1.29 is 28.5 Å². The molecule has 4 rings (SSSR count). The molecule has 208 valence electrons. The quantitative estimate of drug-likeness (QED) is 0.281. The van der Waals surface area contributed by atoms with Gasteiger partial charge in [-0.1, -0.05) is 30.3 Å². The normalized spacial score (nSPS) is 11.0. The molecule has 0 atom stereocenters. The van der Waals surface area contributed by atoms with E-state index in [1.807, 2.05) is 30.3 Å². The van der Waals surface area contributed by atoms with Gasteiger partial charge in [0.1, 0.15) is 17.9 Å². The zero-order valence-electron chi connectivity index (χ0n) is 23.1. The standard InChI is InChI=1S/C30H32N4O6/c1-30(2,3)40-29(36)34(18-20-9-7-6-8-10-20)19-27(35)33-21-11-12-28(32-17-21)39-24-13-14-31-23-16-26(38-5)25(37-4)15-22(23)24/h6-17H,18-19H2,1-5H3,(H,33,35). The van der Waals surface area contributed by atoms with E-state index in [0.717, 1.165) is 10.9 Å². The fourth-order valence-electron chi connectivity index (χ4n) is 3.85. The van der Waals surface area contributed by atoms with Gasteiger partial charge in [-0.25, -0.2) is 9.78 Å². The number of methoxy groups -OCH3 is 2. The molecular weight excluding hydrogens is 512 g/mol. The third kappa shape index (κ3) is 7.37. The van der Waals surface area contributed by atoms with E-state index in [4.69, 9.17) is 18.9 Å². The van der Waals surface area contributed by atoms with Gasteiger partial charge in [0.2, 0.25) is 11.8 Å². The number of rotatable bonds is 9. The smallest absolute Gasteiger partial charge is 0.411 e. The molecule has 0 aliphatic heterocycles. The number of nitrogens with zero attached hydrogens (tertiary/aromatic N) is 3. The van der Waals surface area contributed by atoms with Gasteiger partial charge in [-0.2, -0.15) is 0 Å². The number of fused-ring (bicyclic) bond motifs is 1. The molecular formula is C30H32N4O6. The fraction of sp³-hybridized carbons (Fsp3) is 0.267. The van der Waals surface area contributed by atoms with Crippen LogP contribution in [0.25, 0.3) is 10.9 Å². The Bertz CT molecular complexity index is 1470. The molecule has 2 aromatic carbocycles. The Morgan fingerprint density at radius 2 is 1.62 bits per heavy atom.